The van der Waals surface area contributed by atoms with E-state index >= 15 is 0 Å². The molecule has 0 aliphatic heterocycles. The molecule has 0 aliphatic carbocycles. The Bertz CT molecular complexity index is 492. The molecule has 1 heterocycles. The third-order valence-corrected chi connectivity index (χ3v) is 2.85. The summed E-state index contributed by atoms with van der Waals surface area (Å²) in [5.74, 6) is 1.66. The first-order valence-electron chi connectivity index (χ1n) is 6.55. The molecule has 0 fully saturated rings. The number of aryl methyl sites for hydroxylation is 1. The number of rotatable bonds is 7. The van der Waals surface area contributed by atoms with Crippen LogP contribution in [0.15, 0.2) is 30.6 Å². The van der Waals surface area contributed by atoms with Crippen molar-refractivity contribution in [3.05, 3.63) is 42.0 Å². The van der Waals surface area contributed by atoms with Crippen LogP contribution >= 0.6 is 0 Å². The van der Waals surface area contributed by atoms with Crippen LogP contribution in [0.4, 0.5) is 0 Å². The number of benzene rings is 1. The van der Waals surface area contributed by atoms with Crippen molar-refractivity contribution in [3.63, 3.8) is 0 Å². The maximum Gasteiger partial charge on any atom is 0.170 e. The number of aromatic nitrogens is 3. The van der Waals surface area contributed by atoms with Gasteiger partial charge in [-0.1, -0.05) is 19.1 Å². The highest BCUT2D eigenvalue weighted by atomic mass is 16.5. The Balaban J connectivity index is 1.83. The fraction of sp³-hybridized carbons (Fsp3) is 0.429. The van der Waals surface area contributed by atoms with Gasteiger partial charge in [0.15, 0.2) is 5.82 Å². The van der Waals surface area contributed by atoms with Crippen molar-refractivity contribution in [2.45, 2.75) is 26.5 Å². The molecule has 1 N–H and O–H groups in total. The van der Waals surface area contributed by atoms with Crippen LogP contribution in [0.5, 0.6) is 5.75 Å². The topological polar surface area (TPSA) is 52.0 Å². The zero-order valence-corrected chi connectivity index (χ0v) is 11.5. The van der Waals surface area contributed by atoms with Gasteiger partial charge in [0.1, 0.15) is 18.7 Å². The van der Waals surface area contributed by atoms with Gasteiger partial charge in [0, 0.05) is 13.6 Å². The smallest absolute Gasteiger partial charge is 0.170 e. The summed E-state index contributed by atoms with van der Waals surface area (Å²) in [7, 11) is 1.90. The van der Waals surface area contributed by atoms with Crippen LogP contribution in [0.25, 0.3) is 0 Å². The normalized spacial score (nSPS) is 10.6. The number of hydrogen-bond donors (Lipinski definition) is 1. The molecule has 0 bridgehead atoms. The molecule has 102 valence electrons. The van der Waals surface area contributed by atoms with Crippen LogP contribution in [0.2, 0.25) is 0 Å². The summed E-state index contributed by atoms with van der Waals surface area (Å²) in [6.45, 7) is 4.54. The molecule has 0 atom stereocenters. The quantitative estimate of drug-likeness (QED) is 0.772. The molecule has 5 nitrogen and oxygen atoms in total. The van der Waals surface area contributed by atoms with E-state index in [2.05, 4.69) is 34.6 Å². The zero-order chi connectivity index (χ0) is 13.5. The Labute approximate surface area is 113 Å². The van der Waals surface area contributed by atoms with Crippen molar-refractivity contribution in [1.82, 2.24) is 20.1 Å². The Kier molecular flexibility index (Phi) is 4.92. The van der Waals surface area contributed by atoms with Crippen molar-refractivity contribution in [3.8, 4) is 5.75 Å². The molecule has 2 aromatic rings. The van der Waals surface area contributed by atoms with E-state index in [-0.39, 0.29) is 0 Å². The molecule has 0 radical (unpaired) electrons. The highest BCUT2D eigenvalue weighted by molar-refractivity contribution is 5.27. The summed E-state index contributed by atoms with van der Waals surface area (Å²) in [6, 6.07) is 8.13. The monoisotopic (exact) mass is 260 g/mol. The van der Waals surface area contributed by atoms with Gasteiger partial charge in [-0.2, -0.15) is 0 Å². The molecular formula is C14H20N4O. The Morgan fingerprint density at radius 1 is 1.26 bits per heavy atom. The van der Waals surface area contributed by atoms with E-state index in [4.69, 9.17) is 4.74 Å². The molecule has 1 aromatic carbocycles. The standard InChI is InChI=1S/C14H20N4O/c1-3-8-15-9-12-4-6-13(7-5-12)19-10-14-17-16-11-18(14)2/h4-7,11,15H,3,8-10H2,1-2H3. The highest BCUT2D eigenvalue weighted by Crippen LogP contribution is 2.13. The van der Waals surface area contributed by atoms with E-state index in [1.165, 1.54) is 5.56 Å². The molecular weight excluding hydrogens is 240 g/mol. The van der Waals surface area contributed by atoms with Gasteiger partial charge in [-0.05, 0) is 30.7 Å². The van der Waals surface area contributed by atoms with Gasteiger partial charge in [0.25, 0.3) is 0 Å². The lowest BCUT2D eigenvalue weighted by molar-refractivity contribution is 0.291. The fourth-order valence-corrected chi connectivity index (χ4v) is 1.70. The number of nitrogens with zero attached hydrogens (tertiary/aromatic N) is 3. The Morgan fingerprint density at radius 3 is 2.68 bits per heavy atom. The van der Waals surface area contributed by atoms with Crippen LogP contribution in [-0.2, 0) is 20.2 Å². The van der Waals surface area contributed by atoms with Crippen LogP contribution in [0.3, 0.4) is 0 Å². The summed E-state index contributed by atoms with van der Waals surface area (Å²) in [5, 5.41) is 11.2. The van der Waals surface area contributed by atoms with Gasteiger partial charge in [0.05, 0.1) is 0 Å². The first-order chi connectivity index (χ1) is 9.29. The summed E-state index contributed by atoms with van der Waals surface area (Å²) in [6.07, 6.45) is 2.82. The summed E-state index contributed by atoms with van der Waals surface area (Å²) < 4.78 is 7.52. The average molecular weight is 260 g/mol. The highest BCUT2D eigenvalue weighted by Gasteiger charge is 2.01. The van der Waals surface area contributed by atoms with E-state index in [0.29, 0.717) is 6.61 Å². The van der Waals surface area contributed by atoms with Gasteiger partial charge >= 0.3 is 0 Å². The van der Waals surface area contributed by atoms with Crippen LogP contribution in [0, 0.1) is 0 Å². The van der Waals surface area contributed by atoms with Crippen LogP contribution < -0.4 is 10.1 Å². The first kappa shape index (κ1) is 13.5. The predicted octanol–water partition coefficient (Wildman–Crippen LogP) is 1.89. The van der Waals surface area contributed by atoms with Crippen molar-refractivity contribution in [2.24, 2.45) is 7.05 Å². The maximum absolute atomic E-state index is 5.67. The maximum atomic E-state index is 5.67. The van der Waals surface area contributed by atoms with Gasteiger partial charge in [-0.3, -0.25) is 0 Å². The van der Waals surface area contributed by atoms with Gasteiger partial charge < -0.3 is 14.6 Å². The lowest BCUT2D eigenvalue weighted by Gasteiger charge is -2.07. The van der Waals surface area contributed by atoms with Crippen LogP contribution in [0.1, 0.15) is 24.7 Å². The first-order valence-corrected chi connectivity index (χ1v) is 6.55. The summed E-state index contributed by atoms with van der Waals surface area (Å²) in [4.78, 5) is 0. The van der Waals surface area contributed by atoms with Crippen molar-refractivity contribution in [1.29, 1.82) is 0 Å². The third-order valence-electron chi connectivity index (χ3n) is 2.85. The molecule has 1 aromatic heterocycles. The lowest BCUT2D eigenvalue weighted by Crippen LogP contribution is -2.13. The Morgan fingerprint density at radius 2 is 2.05 bits per heavy atom. The molecule has 0 saturated carbocycles. The molecule has 2 rings (SSSR count). The zero-order valence-electron chi connectivity index (χ0n) is 11.5. The third kappa shape index (κ3) is 4.06. The minimum atomic E-state index is 0.434. The SMILES string of the molecule is CCCNCc1ccc(OCc2nncn2C)cc1. The fourth-order valence-electron chi connectivity index (χ4n) is 1.70. The van der Waals surface area contributed by atoms with Crippen molar-refractivity contribution in [2.75, 3.05) is 6.54 Å². The van der Waals surface area contributed by atoms with Crippen molar-refractivity contribution >= 4 is 0 Å². The second kappa shape index (κ2) is 6.89. The lowest BCUT2D eigenvalue weighted by atomic mass is 10.2. The number of hydrogen-bond acceptors (Lipinski definition) is 4. The van der Waals surface area contributed by atoms with E-state index in [0.717, 1.165) is 31.1 Å². The average Bonchev–Trinajstić information content (AvgIpc) is 2.84. The van der Waals surface area contributed by atoms with Crippen LogP contribution in [-0.4, -0.2) is 21.3 Å². The molecule has 5 heteroatoms. The number of ether oxygens (including phenoxy) is 1. The largest absolute Gasteiger partial charge is 0.486 e. The summed E-state index contributed by atoms with van der Waals surface area (Å²) >= 11 is 0. The molecule has 0 saturated heterocycles. The number of nitrogens with one attached hydrogen (secondary N) is 1. The molecule has 0 amide bonds. The Hall–Kier alpha value is -1.88. The predicted molar refractivity (Wildman–Crippen MR) is 73.8 cm³/mol. The van der Waals surface area contributed by atoms with Gasteiger partial charge in [-0.15, -0.1) is 10.2 Å². The minimum Gasteiger partial charge on any atom is -0.486 e. The second-order valence-electron chi connectivity index (χ2n) is 4.47. The van der Waals surface area contributed by atoms with E-state index in [1.807, 2.05) is 23.7 Å². The van der Waals surface area contributed by atoms with E-state index in [1.54, 1.807) is 6.33 Å². The van der Waals surface area contributed by atoms with Gasteiger partial charge in [-0.25, -0.2) is 0 Å². The van der Waals surface area contributed by atoms with Crippen molar-refractivity contribution < 1.29 is 4.74 Å². The minimum absolute atomic E-state index is 0.434. The molecule has 0 unspecified atom stereocenters. The van der Waals surface area contributed by atoms with E-state index < -0.39 is 0 Å². The van der Waals surface area contributed by atoms with Gasteiger partial charge in [0.2, 0.25) is 0 Å². The second-order valence-corrected chi connectivity index (χ2v) is 4.47. The molecule has 0 aliphatic rings. The summed E-state index contributed by atoms with van der Waals surface area (Å²) in [5.41, 5.74) is 1.26. The molecule has 19 heavy (non-hydrogen) atoms. The van der Waals surface area contributed by atoms with E-state index in [9.17, 15) is 0 Å². The molecule has 0 spiro atoms.